The molecule has 9 heteroatoms. The lowest BCUT2D eigenvalue weighted by atomic mass is 10.0. The number of aliphatic hydroxyl groups excluding tert-OH is 1. The smallest absolute Gasteiger partial charge is 0.391 e. The van der Waals surface area contributed by atoms with Gasteiger partial charge in [0.05, 0.1) is 39.9 Å². The van der Waals surface area contributed by atoms with E-state index in [-0.39, 0.29) is 25.5 Å². The van der Waals surface area contributed by atoms with Gasteiger partial charge in [0, 0.05) is 6.42 Å². The maximum atomic E-state index is 12.9. The van der Waals surface area contributed by atoms with Gasteiger partial charge in [0.2, 0.25) is 5.91 Å². The fourth-order valence-electron chi connectivity index (χ4n) is 7.07. The number of quaternary nitrogens is 1. The van der Waals surface area contributed by atoms with Gasteiger partial charge in [0.25, 0.3) is 0 Å². The van der Waals surface area contributed by atoms with Gasteiger partial charge < -0.3 is 19.8 Å². The zero-order valence-corrected chi connectivity index (χ0v) is 39.2. The highest BCUT2D eigenvalue weighted by molar-refractivity contribution is 7.47. The summed E-state index contributed by atoms with van der Waals surface area (Å²) in [6, 6.07) is -0.838. The standard InChI is InChI=1S/C48H95N2O6P/c1-6-8-10-12-14-16-18-20-21-22-23-24-25-26-27-28-30-32-34-36-38-40-42-48(52)49-46(45-56-57(53,54)55-44-43-50(3,4)5)47(51)41-39-37-35-33-31-29-19-17-15-13-11-9-7-2/h37-40,46-47,51H,6-36,41-45H2,1-5H3,(H-,49,52,53,54)/p+1/t46-,47+/m0/s1. The van der Waals surface area contributed by atoms with Crippen molar-refractivity contribution in [2.75, 3.05) is 40.9 Å². The molecule has 0 aliphatic carbocycles. The van der Waals surface area contributed by atoms with Gasteiger partial charge in [-0.2, -0.15) is 0 Å². The molecule has 0 aliphatic rings. The average molecular weight is 828 g/mol. The topological polar surface area (TPSA) is 105 Å². The summed E-state index contributed by atoms with van der Waals surface area (Å²) in [6.07, 6.45) is 48.4. The summed E-state index contributed by atoms with van der Waals surface area (Å²) in [6.45, 7) is 4.81. The molecule has 0 aromatic rings. The summed E-state index contributed by atoms with van der Waals surface area (Å²) in [5.74, 6) is -0.250. The van der Waals surface area contributed by atoms with Crippen LogP contribution in [0.3, 0.4) is 0 Å². The van der Waals surface area contributed by atoms with Gasteiger partial charge in [-0.3, -0.25) is 13.8 Å². The molecule has 57 heavy (non-hydrogen) atoms. The fourth-order valence-corrected chi connectivity index (χ4v) is 7.81. The molecule has 0 rings (SSSR count). The van der Waals surface area contributed by atoms with Crippen molar-refractivity contribution >= 4 is 13.7 Å². The molecule has 0 saturated carbocycles. The number of amides is 1. The Hall–Kier alpha value is -1.02. The summed E-state index contributed by atoms with van der Waals surface area (Å²) in [5.41, 5.74) is 0. The Balaban J connectivity index is 4.31. The summed E-state index contributed by atoms with van der Waals surface area (Å²) < 4.78 is 23.6. The number of phosphoric acid groups is 1. The van der Waals surface area contributed by atoms with E-state index >= 15 is 0 Å². The minimum Gasteiger partial charge on any atom is -0.391 e. The number of rotatable bonds is 44. The second-order valence-corrected chi connectivity index (χ2v) is 19.3. The van der Waals surface area contributed by atoms with Crippen molar-refractivity contribution in [3.05, 3.63) is 24.3 Å². The van der Waals surface area contributed by atoms with E-state index in [0.29, 0.717) is 17.4 Å². The normalized spacial score (nSPS) is 14.4. The van der Waals surface area contributed by atoms with Crippen LogP contribution in [0.25, 0.3) is 0 Å². The number of allylic oxidation sites excluding steroid dienone is 2. The van der Waals surface area contributed by atoms with Crippen molar-refractivity contribution in [1.82, 2.24) is 5.32 Å². The van der Waals surface area contributed by atoms with E-state index in [0.717, 1.165) is 25.7 Å². The SMILES string of the molecule is CCCCCCCCCCCCC=CC[C@@H](O)[C@H](COP(=O)(O)OCC[N+](C)(C)C)NC(=O)CC=CCCCCCCCCCCCCCCCCCCCCC. The van der Waals surface area contributed by atoms with Gasteiger partial charge in [0.15, 0.2) is 0 Å². The molecule has 8 nitrogen and oxygen atoms in total. The summed E-state index contributed by atoms with van der Waals surface area (Å²) >= 11 is 0. The minimum absolute atomic E-state index is 0.0584. The molecular formula is C48H96N2O6P+. The Labute approximate surface area is 354 Å². The van der Waals surface area contributed by atoms with Gasteiger partial charge in [-0.25, -0.2) is 4.57 Å². The number of hydrogen-bond donors (Lipinski definition) is 3. The molecule has 0 heterocycles. The zero-order valence-electron chi connectivity index (χ0n) is 38.3. The second-order valence-electron chi connectivity index (χ2n) is 17.9. The Kier molecular flexibility index (Phi) is 39.7. The van der Waals surface area contributed by atoms with Crippen molar-refractivity contribution in [1.29, 1.82) is 0 Å². The van der Waals surface area contributed by atoms with Crippen LogP contribution in [0, 0.1) is 0 Å². The molecule has 0 saturated heterocycles. The van der Waals surface area contributed by atoms with Crippen LogP contribution in [0.2, 0.25) is 0 Å². The van der Waals surface area contributed by atoms with E-state index in [2.05, 4.69) is 31.3 Å². The Morgan fingerprint density at radius 3 is 1.33 bits per heavy atom. The first-order valence-corrected chi connectivity index (χ1v) is 25.7. The Bertz CT molecular complexity index is 984. The molecule has 0 spiro atoms. The second kappa shape index (κ2) is 40.4. The summed E-state index contributed by atoms with van der Waals surface area (Å²) in [4.78, 5) is 23.1. The predicted octanol–water partition coefficient (Wildman–Crippen LogP) is 13.7. The zero-order chi connectivity index (χ0) is 42.1. The highest BCUT2D eigenvalue weighted by atomic mass is 31.2. The minimum atomic E-state index is -4.34. The molecule has 1 amide bonds. The third kappa shape index (κ3) is 42.9. The lowest BCUT2D eigenvalue weighted by Crippen LogP contribution is -2.46. The third-order valence-corrected chi connectivity index (χ3v) is 11.9. The molecule has 1 unspecified atom stereocenters. The average Bonchev–Trinajstić information content (AvgIpc) is 3.16. The largest absolute Gasteiger partial charge is 0.472 e. The molecule has 338 valence electrons. The molecule has 0 aromatic heterocycles. The van der Waals surface area contributed by atoms with E-state index in [1.54, 1.807) is 0 Å². The van der Waals surface area contributed by atoms with Gasteiger partial charge in [0.1, 0.15) is 13.2 Å². The van der Waals surface area contributed by atoms with Gasteiger partial charge in [-0.15, -0.1) is 0 Å². The maximum absolute atomic E-state index is 12.9. The van der Waals surface area contributed by atoms with Crippen molar-refractivity contribution in [3.63, 3.8) is 0 Å². The number of hydrogen-bond acceptors (Lipinski definition) is 5. The molecule has 0 aromatic carbocycles. The molecule has 0 radical (unpaired) electrons. The lowest BCUT2D eigenvalue weighted by molar-refractivity contribution is -0.870. The van der Waals surface area contributed by atoms with E-state index in [9.17, 15) is 19.4 Å². The molecule has 3 atom stereocenters. The summed E-state index contributed by atoms with van der Waals surface area (Å²) in [7, 11) is 1.56. The lowest BCUT2D eigenvalue weighted by Gasteiger charge is -2.26. The third-order valence-electron chi connectivity index (χ3n) is 11.0. The highest BCUT2D eigenvalue weighted by Gasteiger charge is 2.28. The number of nitrogens with zero attached hydrogens (tertiary/aromatic N) is 1. The van der Waals surface area contributed by atoms with Crippen LogP contribution in [0.15, 0.2) is 24.3 Å². The molecular weight excluding hydrogens is 732 g/mol. The van der Waals surface area contributed by atoms with Crippen LogP contribution in [-0.2, 0) is 18.4 Å². The predicted molar refractivity (Wildman–Crippen MR) is 245 cm³/mol. The molecule has 0 bridgehead atoms. The van der Waals surface area contributed by atoms with Crippen molar-refractivity contribution in [2.24, 2.45) is 0 Å². The Morgan fingerprint density at radius 2 is 0.947 bits per heavy atom. The monoisotopic (exact) mass is 828 g/mol. The first-order valence-electron chi connectivity index (χ1n) is 24.2. The first-order chi connectivity index (χ1) is 27.5. The number of likely N-dealkylation sites (N-methyl/N-ethyl adjacent to an activating group) is 1. The van der Waals surface area contributed by atoms with Gasteiger partial charge in [-0.05, 0) is 32.1 Å². The van der Waals surface area contributed by atoms with Crippen LogP contribution in [0.4, 0.5) is 0 Å². The van der Waals surface area contributed by atoms with E-state index < -0.39 is 20.0 Å². The van der Waals surface area contributed by atoms with Crippen molar-refractivity contribution in [2.45, 2.75) is 238 Å². The van der Waals surface area contributed by atoms with E-state index in [4.69, 9.17) is 9.05 Å². The van der Waals surface area contributed by atoms with Crippen LogP contribution in [-0.4, -0.2) is 73.4 Å². The van der Waals surface area contributed by atoms with Crippen LogP contribution in [0.5, 0.6) is 0 Å². The first kappa shape index (κ1) is 56.0. The molecule has 3 N–H and O–H groups in total. The number of carbonyl (C=O) groups is 1. The number of nitrogens with one attached hydrogen (secondary N) is 1. The number of unbranched alkanes of at least 4 members (excludes halogenated alkanes) is 29. The summed E-state index contributed by atoms with van der Waals surface area (Å²) in [5, 5.41) is 13.8. The van der Waals surface area contributed by atoms with E-state index in [1.165, 1.54) is 173 Å². The molecule has 0 aliphatic heterocycles. The number of carbonyl (C=O) groups excluding carboxylic acids is 1. The molecule has 0 fully saturated rings. The quantitative estimate of drug-likeness (QED) is 0.0244. The van der Waals surface area contributed by atoms with Gasteiger partial charge in [-0.1, -0.05) is 212 Å². The van der Waals surface area contributed by atoms with Crippen molar-refractivity contribution in [3.8, 4) is 0 Å². The van der Waals surface area contributed by atoms with Crippen LogP contribution in [0.1, 0.15) is 226 Å². The highest BCUT2D eigenvalue weighted by Crippen LogP contribution is 2.43. The van der Waals surface area contributed by atoms with E-state index in [1.807, 2.05) is 33.3 Å². The number of phosphoric ester groups is 1. The van der Waals surface area contributed by atoms with Crippen LogP contribution >= 0.6 is 7.82 Å². The Morgan fingerprint density at radius 1 is 0.579 bits per heavy atom. The van der Waals surface area contributed by atoms with Crippen molar-refractivity contribution < 1.29 is 32.9 Å². The number of aliphatic hydroxyl groups is 1. The maximum Gasteiger partial charge on any atom is 0.472 e. The fraction of sp³-hybridized carbons (Fsp3) is 0.896. The van der Waals surface area contributed by atoms with Gasteiger partial charge >= 0.3 is 7.82 Å². The van der Waals surface area contributed by atoms with Crippen LogP contribution < -0.4 is 5.32 Å².